The van der Waals surface area contributed by atoms with Gasteiger partial charge in [-0.05, 0) is 24.3 Å². The lowest BCUT2D eigenvalue weighted by atomic mass is 10.1. The average Bonchev–Trinajstić information content (AvgIpc) is 3.00. The molecule has 1 saturated heterocycles. The summed E-state index contributed by atoms with van der Waals surface area (Å²) in [5.41, 5.74) is -0.480. The number of hydrogen-bond donors (Lipinski definition) is 0. The number of rotatable bonds is 2. The van der Waals surface area contributed by atoms with Crippen molar-refractivity contribution >= 4 is 11.9 Å². The summed E-state index contributed by atoms with van der Waals surface area (Å²) in [6.07, 6.45) is -0.820. The normalized spacial score (nSPS) is 15.7. The molecule has 1 aromatic carbocycles. The molecule has 0 aliphatic carbocycles. The zero-order valence-corrected chi connectivity index (χ0v) is 13.1. The molecule has 2 aromatic rings. The molecule has 1 aliphatic rings. The molecule has 3 rings (SSSR count). The van der Waals surface area contributed by atoms with Gasteiger partial charge >= 0.3 is 6.18 Å². The van der Waals surface area contributed by atoms with Crippen LogP contribution in [-0.4, -0.2) is 46.5 Å². The van der Waals surface area contributed by atoms with Crippen LogP contribution in [0.15, 0.2) is 36.7 Å². The summed E-state index contributed by atoms with van der Waals surface area (Å²) in [5, 5.41) is 0. The second-order valence-corrected chi connectivity index (χ2v) is 5.69. The van der Waals surface area contributed by atoms with Crippen LogP contribution in [0, 0.1) is 0 Å². The zero-order chi connectivity index (χ0) is 17.3. The first kappa shape index (κ1) is 16.4. The van der Waals surface area contributed by atoms with Crippen LogP contribution in [0.2, 0.25) is 0 Å². The van der Waals surface area contributed by atoms with E-state index in [4.69, 9.17) is 0 Å². The number of halogens is 3. The van der Waals surface area contributed by atoms with E-state index in [-0.39, 0.29) is 11.5 Å². The number of alkyl halides is 3. The van der Waals surface area contributed by atoms with Crippen molar-refractivity contribution in [1.82, 2.24) is 14.5 Å². The molecular weight excluding hydrogens is 321 g/mol. The lowest BCUT2D eigenvalue weighted by Crippen LogP contribution is -2.49. The summed E-state index contributed by atoms with van der Waals surface area (Å²) < 4.78 is 39.6. The molecule has 0 unspecified atom stereocenters. The molecule has 0 N–H and O–H groups in total. The molecule has 1 fully saturated rings. The van der Waals surface area contributed by atoms with Gasteiger partial charge in [0.05, 0.1) is 5.56 Å². The van der Waals surface area contributed by atoms with E-state index in [1.807, 2.05) is 17.8 Å². The van der Waals surface area contributed by atoms with Gasteiger partial charge in [0.1, 0.15) is 0 Å². The van der Waals surface area contributed by atoms with E-state index in [9.17, 15) is 18.0 Å². The maximum Gasteiger partial charge on any atom is 0.416 e. The topological polar surface area (TPSA) is 41.4 Å². The Kier molecular flexibility index (Phi) is 4.21. The minimum Gasteiger partial charge on any atom is -0.339 e. The van der Waals surface area contributed by atoms with E-state index in [0.717, 1.165) is 18.1 Å². The highest BCUT2D eigenvalue weighted by atomic mass is 19.4. The largest absolute Gasteiger partial charge is 0.416 e. The van der Waals surface area contributed by atoms with E-state index < -0.39 is 11.7 Å². The second kappa shape index (κ2) is 6.18. The number of nitrogens with zero attached hydrogens (tertiary/aromatic N) is 4. The molecule has 24 heavy (non-hydrogen) atoms. The van der Waals surface area contributed by atoms with Gasteiger partial charge in [-0.1, -0.05) is 0 Å². The summed E-state index contributed by atoms with van der Waals surface area (Å²) >= 11 is 0. The fraction of sp³-hybridized carbons (Fsp3) is 0.375. The van der Waals surface area contributed by atoms with Crippen molar-refractivity contribution in [3.63, 3.8) is 0 Å². The fourth-order valence-electron chi connectivity index (χ4n) is 2.76. The van der Waals surface area contributed by atoms with Crippen molar-refractivity contribution in [1.29, 1.82) is 0 Å². The summed E-state index contributed by atoms with van der Waals surface area (Å²) in [6, 6.07) is 4.35. The minimum absolute atomic E-state index is 0.247. The molecule has 1 aliphatic heterocycles. The number of benzene rings is 1. The molecule has 2 heterocycles. The van der Waals surface area contributed by atoms with Crippen LogP contribution in [0.4, 0.5) is 19.1 Å². The fourth-order valence-corrected chi connectivity index (χ4v) is 2.76. The van der Waals surface area contributed by atoms with Gasteiger partial charge in [0, 0.05) is 51.2 Å². The summed E-state index contributed by atoms with van der Waals surface area (Å²) in [7, 11) is 1.90. The molecule has 1 amide bonds. The van der Waals surface area contributed by atoms with Crippen LogP contribution >= 0.6 is 0 Å². The molecule has 0 spiro atoms. The van der Waals surface area contributed by atoms with Crippen LogP contribution < -0.4 is 4.90 Å². The van der Waals surface area contributed by atoms with Gasteiger partial charge in [0.15, 0.2) is 0 Å². The van der Waals surface area contributed by atoms with Crippen molar-refractivity contribution < 1.29 is 18.0 Å². The number of aryl methyl sites for hydroxylation is 1. The Hall–Kier alpha value is -2.51. The molecule has 0 radical (unpaired) electrons. The van der Waals surface area contributed by atoms with Crippen LogP contribution in [0.1, 0.15) is 15.9 Å². The van der Waals surface area contributed by atoms with E-state index in [2.05, 4.69) is 9.88 Å². The van der Waals surface area contributed by atoms with E-state index in [1.54, 1.807) is 11.1 Å². The Morgan fingerprint density at radius 3 is 2.21 bits per heavy atom. The minimum atomic E-state index is -4.39. The number of piperazine rings is 1. The first-order valence-corrected chi connectivity index (χ1v) is 7.55. The quantitative estimate of drug-likeness (QED) is 0.844. The lowest BCUT2D eigenvalue weighted by Gasteiger charge is -2.35. The highest BCUT2D eigenvalue weighted by Gasteiger charge is 2.30. The zero-order valence-electron chi connectivity index (χ0n) is 13.1. The van der Waals surface area contributed by atoms with Gasteiger partial charge in [0.2, 0.25) is 5.95 Å². The number of carbonyl (C=O) groups excluding carboxylic acids is 1. The first-order chi connectivity index (χ1) is 11.4. The SMILES string of the molecule is Cn1ccnc1N1CCN(C(=O)c2ccc(C(F)(F)F)cc2)CC1. The average molecular weight is 338 g/mol. The summed E-state index contributed by atoms with van der Waals surface area (Å²) in [5.74, 6) is 0.597. The highest BCUT2D eigenvalue weighted by molar-refractivity contribution is 5.94. The number of carbonyl (C=O) groups is 1. The molecule has 1 aromatic heterocycles. The predicted octanol–water partition coefficient (Wildman–Crippen LogP) is 2.40. The van der Waals surface area contributed by atoms with Crippen molar-refractivity contribution in [2.75, 3.05) is 31.1 Å². The van der Waals surface area contributed by atoms with Crippen LogP contribution in [-0.2, 0) is 13.2 Å². The third-order valence-electron chi connectivity index (χ3n) is 4.10. The molecule has 0 atom stereocenters. The third kappa shape index (κ3) is 3.22. The summed E-state index contributed by atoms with van der Waals surface area (Å²) in [6.45, 7) is 2.29. The highest BCUT2D eigenvalue weighted by Crippen LogP contribution is 2.29. The third-order valence-corrected chi connectivity index (χ3v) is 4.10. The van der Waals surface area contributed by atoms with Crippen molar-refractivity contribution in [2.24, 2.45) is 7.05 Å². The Morgan fingerprint density at radius 2 is 1.71 bits per heavy atom. The molecule has 0 saturated carbocycles. The predicted molar refractivity (Wildman–Crippen MR) is 82.8 cm³/mol. The number of imidazole rings is 1. The van der Waals surface area contributed by atoms with Gasteiger partial charge in [-0.25, -0.2) is 4.98 Å². The molecule has 5 nitrogen and oxygen atoms in total. The Balaban J connectivity index is 1.64. The maximum atomic E-state index is 12.6. The Labute approximate surface area is 137 Å². The smallest absolute Gasteiger partial charge is 0.339 e. The van der Waals surface area contributed by atoms with Crippen molar-refractivity contribution in [3.8, 4) is 0 Å². The lowest BCUT2D eigenvalue weighted by molar-refractivity contribution is -0.137. The standard InChI is InChI=1S/C16H17F3N4O/c1-21-7-6-20-15(21)23-10-8-22(9-11-23)14(24)12-2-4-13(5-3-12)16(17,18)19/h2-7H,8-11H2,1H3. The monoisotopic (exact) mass is 338 g/mol. The number of anilines is 1. The van der Waals surface area contributed by atoms with E-state index >= 15 is 0 Å². The van der Waals surface area contributed by atoms with Gasteiger partial charge in [-0.3, -0.25) is 4.79 Å². The van der Waals surface area contributed by atoms with Crippen LogP contribution in [0.3, 0.4) is 0 Å². The maximum absolute atomic E-state index is 12.6. The van der Waals surface area contributed by atoms with Gasteiger partial charge < -0.3 is 14.4 Å². The Morgan fingerprint density at radius 1 is 1.08 bits per heavy atom. The number of amides is 1. The van der Waals surface area contributed by atoms with Crippen molar-refractivity contribution in [3.05, 3.63) is 47.8 Å². The summed E-state index contributed by atoms with van der Waals surface area (Å²) in [4.78, 5) is 20.4. The second-order valence-electron chi connectivity index (χ2n) is 5.69. The number of hydrogen-bond acceptors (Lipinski definition) is 3. The molecule has 128 valence electrons. The van der Waals surface area contributed by atoms with Gasteiger partial charge in [-0.2, -0.15) is 13.2 Å². The molecule has 8 heteroatoms. The van der Waals surface area contributed by atoms with Crippen LogP contribution in [0.25, 0.3) is 0 Å². The first-order valence-electron chi connectivity index (χ1n) is 7.55. The van der Waals surface area contributed by atoms with E-state index in [0.29, 0.717) is 26.2 Å². The number of aromatic nitrogens is 2. The van der Waals surface area contributed by atoms with Gasteiger partial charge in [-0.15, -0.1) is 0 Å². The van der Waals surface area contributed by atoms with Gasteiger partial charge in [0.25, 0.3) is 5.91 Å². The van der Waals surface area contributed by atoms with Crippen molar-refractivity contribution in [2.45, 2.75) is 6.18 Å². The molecular formula is C16H17F3N4O. The van der Waals surface area contributed by atoms with E-state index in [1.165, 1.54) is 12.1 Å². The Bertz CT molecular complexity index is 716. The van der Waals surface area contributed by atoms with Crippen LogP contribution in [0.5, 0.6) is 0 Å². The molecule has 0 bridgehead atoms.